The van der Waals surface area contributed by atoms with E-state index in [4.69, 9.17) is 0 Å². The van der Waals surface area contributed by atoms with Crippen molar-refractivity contribution in [3.8, 4) is 0 Å². The Labute approximate surface area is 81.9 Å². The van der Waals surface area contributed by atoms with E-state index in [-0.39, 0.29) is 37.7 Å². The van der Waals surface area contributed by atoms with Gasteiger partial charge in [0.2, 0.25) is 0 Å². The van der Waals surface area contributed by atoms with Crippen molar-refractivity contribution in [2.75, 3.05) is 0 Å². The van der Waals surface area contributed by atoms with Gasteiger partial charge in [0.1, 0.15) is 0 Å². The van der Waals surface area contributed by atoms with Crippen molar-refractivity contribution >= 4 is 49.7 Å². The summed E-state index contributed by atoms with van der Waals surface area (Å²) in [6.45, 7) is 0. The van der Waals surface area contributed by atoms with Gasteiger partial charge >= 0.3 is 37.7 Å². The molecule has 0 unspecified atom stereocenters. The molecule has 0 bridgehead atoms. The number of carbonyl (C=O) groups is 2. The van der Waals surface area contributed by atoms with E-state index in [1.54, 1.807) is 0 Å². The molecule has 0 aliphatic heterocycles. The first-order valence-electron chi connectivity index (χ1n) is 2.02. The summed E-state index contributed by atoms with van der Waals surface area (Å²) >= 11 is 0. The number of hydrogen-bond donors (Lipinski definition) is 0. The first kappa shape index (κ1) is 11.9. The molecule has 0 saturated heterocycles. The van der Waals surface area contributed by atoms with Crippen LogP contribution in [0.4, 0.5) is 0 Å². The zero-order valence-electron chi connectivity index (χ0n) is 4.75. The molecule has 0 aromatic rings. The maximum Gasteiger partial charge on any atom is 2.00 e. The van der Waals surface area contributed by atoms with Gasteiger partial charge in [0, 0.05) is 11.9 Å². The second kappa shape index (κ2) is 6.32. The van der Waals surface area contributed by atoms with Gasteiger partial charge in [-0.3, -0.25) is 0 Å². The van der Waals surface area contributed by atoms with Gasteiger partial charge < -0.3 is 19.8 Å². The van der Waals surface area contributed by atoms with E-state index in [0.717, 1.165) is 0 Å². The van der Waals surface area contributed by atoms with Crippen LogP contribution in [0.15, 0.2) is 0 Å². The molecule has 0 atom stereocenters. The molecule has 0 spiro atoms. The molecule has 0 amide bonds. The van der Waals surface area contributed by atoms with Gasteiger partial charge in [-0.05, 0) is 12.8 Å². The predicted molar refractivity (Wildman–Crippen MR) is 25.0 cm³/mol. The average Bonchev–Trinajstić information content (AvgIpc) is 1.61. The number of carboxylic acids is 2. The Morgan fingerprint density at radius 3 is 1.33 bits per heavy atom. The summed E-state index contributed by atoms with van der Waals surface area (Å²) in [6, 6.07) is 0. The van der Waals surface area contributed by atoms with Crippen LogP contribution in [0.1, 0.15) is 12.8 Å². The average molecular weight is 156 g/mol. The Kier molecular flexibility index (Phi) is 8.38. The van der Waals surface area contributed by atoms with E-state index < -0.39 is 24.8 Å². The third-order valence-electron chi connectivity index (χ3n) is 0.533. The second-order valence-electron chi connectivity index (χ2n) is 1.24. The molecular formula is C4H4CaO4. The Bertz CT molecular complexity index is 97.1. The van der Waals surface area contributed by atoms with Gasteiger partial charge in [-0.1, -0.05) is 0 Å². The van der Waals surface area contributed by atoms with Crippen molar-refractivity contribution < 1.29 is 19.8 Å². The largest absolute Gasteiger partial charge is 2.00 e. The second-order valence-corrected chi connectivity index (χ2v) is 1.24. The first-order chi connectivity index (χ1) is 3.63. The first-order valence-corrected chi connectivity index (χ1v) is 2.02. The molecule has 4 nitrogen and oxygen atoms in total. The number of rotatable bonds is 3. The molecule has 0 fully saturated rings. The number of carbonyl (C=O) groups excluding carboxylic acids is 2. The van der Waals surface area contributed by atoms with Crippen LogP contribution in [0.25, 0.3) is 0 Å². The molecule has 0 aromatic carbocycles. The van der Waals surface area contributed by atoms with E-state index in [2.05, 4.69) is 0 Å². The summed E-state index contributed by atoms with van der Waals surface area (Å²) in [7, 11) is 0. The normalized spacial score (nSPS) is 7.56. The van der Waals surface area contributed by atoms with Gasteiger partial charge in [-0.25, -0.2) is 0 Å². The van der Waals surface area contributed by atoms with Crippen LogP contribution in [-0.4, -0.2) is 49.7 Å². The minimum atomic E-state index is -1.37. The van der Waals surface area contributed by atoms with Crippen molar-refractivity contribution in [3.05, 3.63) is 0 Å². The molecule has 0 rings (SSSR count). The fourth-order valence-corrected chi connectivity index (χ4v) is 0.204. The molecule has 0 heterocycles. The van der Waals surface area contributed by atoms with Gasteiger partial charge in [0.15, 0.2) is 0 Å². The SMILES string of the molecule is O=C([O-])CCC(=O)[O-].[Ca+2]. The minimum absolute atomic E-state index is 0. The maximum absolute atomic E-state index is 9.50. The summed E-state index contributed by atoms with van der Waals surface area (Å²) in [6.07, 6.45) is -0.940. The predicted octanol–water partition coefficient (Wildman–Crippen LogP) is -3.11. The maximum atomic E-state index is 9.50. The van der Waals surface area contributed by atoms with Gasteiger partial charge in [0.05, 0.1) is 0 Å². The summed E-state index contributed by atoms with van der Waals surface area (Å²) in [4.78, 5) is 19.0. The van der Waals surface area contributed by atoms with Crippen molar-refractivity contribution in [2.24, 2.45) is 0 Å². The van der Waals surface area contributed by atoms with E-state index in [1.165, 1.54) is 0 Å². The van der Waals surface area contributed by atoms with E-state index >= 15 is 0 Å². The monoisotopic (exact) mass is 156 g/mol. The van der Waals surface area contributed by atoms with Crippen LogP contribution < -0.4 is 10.2 Å². The molecule has 9 heavy (non-hydrogen) atoms. The van der Waals surface area contributed by atoms with Crippen molar-refractivity contribution in [3.63, 3.8) is 0 Å². The fraction of sp³-hybridized carbons (Fsp3) is 0.500. The van der Waals surface area contributed by atoms with Crippen molar-refractivity contribution in [1.82, 2.24) is 0 Å². The molecule has 5 heteroatoms. The van der Waals surface area contributed by atoms with Gasteiger partial charge in [-0.15, -0.1) is 0 Å². The molecule has 0 aliphatic rings. The summed E-state index contributed by atoms with van der Waals surface area (Å²) in [5.41, 5.74) is 0. The van der Waals surface area contributed by atoms with Gasteiger partial charge in [-0.2, -0.15) is 0 Å². The summed E-state index contributed by atoms with van der Waals surface area (Å²) < 4.78 is 0. The molecule has 46 valence electrons. The fourth-order valence-electron chi connectivity index (χ4n) is 0.204. The molecule has 0 aliphatic carbocycles. The van der Waals surface area contributed by atoms with Gasteiger partial charge in [0.25, 0.3) is 0 Å². The van der Waals surface area contributed by atoms with E-state index in [0.29, 0.717) is 0 Å². The smallest absolute Gasteiger partial charge is 0.550 e. The van der Waals surface area contributed by atoms with Crippen LogP contribution in [0.5, 0.6) is 0 Å². The number of hydrogen-bond acceptors (Lipinski definition) is 4. The Balaban J connectivity index is 0. The summed E-state index contributed by atoms with van der Waals surface area (Å²) in [5.74, 6) is -2.73. The zero-order valence-corrected chi connectivity index (χ0v) is 6.96. The van der Waals surface area contributed by atoms with Crippen LogP contribution in [0.2, 0.25) is 0 Å². The Hall–Kier alpha value is 0.200. The molecule has 0 aromatic heterocycles. The van der Waals surface area contributed by atoms with Crippen molar-refractivity contribution in [1.29, 1.82) is 0 Å². The molecule has 0 N–H and O–H groups in total. The zero-order chi connectivity index (χ0) is 6.57. The molecular weight excluding hydrogens is 152 g/mol. The third-order valence-corrected chi connectivity index (χ3v) is 0.533. The van der Waals surface area contributed by atoms with Crippen LogP contribution >= 0.6 is 0 Å². The third kappa shape index (κ3) is 11.7. The molecule has 0 radical (unpaired) electrons. The molecule has 0 saturated carbocycles. The number of aliphatic carboxylic acids is 2. The summed E-state index contributed by atoms with van der Waals surface area (Å²) in [5, 5.41) is 19.0. The van der Waals surface area contributed by atoms with E-state index in [1.807, 2.05) is 0 Å². The van der Waals surface area contributed by atoms with Crippen molar-refractivity contribution in [2.45, 2.75) is 12.8 Å². The standard InChI is InChI=1S/C4H6O4.Ca/c5-3(6)1-2-4(7)8;/h1-2H2,(H,5,6)(H,7,8);/q;+2/p-2. The van der Waals surface area contributed by atoms with E-state index in [9.17, 15) is 19.8 Å². The minimum Gasteiger partial charge on any atom is -0.550 e. The van der Waals surface area contributed by atoms with Crippen LogP contribution in [0, 0.1) is 0 Å². The van der Waals surface area contributed by atoms with Crippen LogP contribution in [0.3, 0.4) is 0 Å². The quantitative estimate of drug-likeness (QED) is 0.405. The Morgan fingerprint density at radius 2 is 1.22 bits per heavy atom. The van der Waals surface area contributed by atoms with Crippen LogP contribution in [-0.2, 0) is 9.59 Å². The Morgan fingerprint density at radius 1 is 1.00 bits per heavy atom. The topological polar surface area (TPSA) is 80.3 Å². The number of carboxylic acid groups (broad SMARTS) is 2.